The number of carbonyl (C=O) groups is 2. The highest BCUT2D eigenvalue weighted by atomic mass is 35.5. The molecule has 11 heteroatoms. The predicted octanol–water partition coefficient (Wildman–Crippen LogP) is 7.72. The number of amides is 2. The zero-order chi connectivity index (χ0) is 32.0. The summed E-state index contributed by atoms with van der Waals surface area (Å²) in [6.07, 6.45) is 5.25. The van der Waals surface area contributed by atoms with Gasteiger partial charge in [-0.25, -0.2) is 8.42 Å². The van der Waals surface area contributed by atoms with Crippen LogP contribution in [0.4, 0.5) is 5.69 Å². The standard InChI is InChI=1S/C33H38Cl3N3O4S/c1-4-30(33(41)37-25-9-6-5-7-10-25)38(20-27-28(35)11-8-12-29(27)36)32(40)21-39(31-19-24(34)16-15-23(31)3)44(42,43)26-17-13-22(2)14-18-26/h8,11-19,25,30H,4-7,9-10,20-21H2,1-3H3,(H,37,41)/t30-/m1/s1. The fourth-order valence-electron chi connectivity index (χ4n) is 5.52. The molecule has 7 nitrogen and oxygen atoms in total. The molecule has 44 heavy (non-hydrogen) atoms. The van der Waals surface area contributed by atoms with Gasteiger partial charge >= 0.3 is 0 Å². The van der Waals surface area contributed by atoms with Crippen molar-refractivity contribution in [2.24, 2.45) is 0 Å². The van der Waals surface area contributed by atoms with Gasteiger partial charge in [0.1, 0.15) is 12.6 Å². The Hall–Kier alpha value is -2.78. The lowest BCUT2D eigenvalue weighted by atomic mass is 9.95. The average molecular weight is 679 g/mol. The largest absolute Gasteiger partial charge is 0.352 e. The van der Waals surface area contributed by atoms with Gasteiger partial charge in [-0.2, -0.15) is 0 Å². The summed E-state index contributed by atoms with van der Waals surface area (Å²) in [7, 11) is -4.23. The van der Waals surface area contributed by atoms with Crippen LogP contribution in [0.5, 0.6) is 0 Å². The minimum Gasteiger partial charge on any atom is -0.352 e. The third-order valence-electron chi connectivity index (χ3n) is 8.06. The molecule has 2 amide bonds. The van der Waals surface area contributed by atoms with Gasteiger partial charge < -0.3 is 10.2 Å². The Balaban J connectivity index is 1.77. The van der Waals surface area contributed by atoms with Crippen LogP contribution in [-0.2, 0) is 26.2 Å². The van der Waals surface area contributed by atoms with E-state index in [-0.39, 0.29) is 29.1 Å². The van der Waals surface area contributed by atoms with Crippen LogP contribution in [0.2, 0.25) is 15.1 Å². The number of benzene rings is 3. The van der Waals surface area contributed by atoms with E-state index in [9.17, 15) is 18.0 Å². The maximum atomic E-state index is 14.4. The first-order valence-corrected chi connectivity index (χ1v) is 17.4. The van der Waals surface area contributed by atoms with Crippen molar-refractivity contribution in [1.29, 1.82) is 0 Å². The zero-order valence-corrected chi connectivity index (χ0v) is 28.2. The van der Waals surface area contributed by atoms with Crippen molar-refractivity contribution in [2.45, 2.75) is 82.8 Å². The van der Waals surface area contributed by atoms with Crippen molar-refractivity contribution in [3.05, 3.63) is 92.4 Å². The van der Waals surface area contributed by atoms with Crippen LogP contribution in [0.1, 0.15) is 62.1 Å². The number of aryl methyl sites for hydroxylation is 2. The highest BCUT2D eigenvalue weighted by Crippen LogP contribution is 2.32. The van der Waals surface area contributed by atoms with Gasteiger partial charge in [-0.3, -0.25) is 13.9 Å². The van der Waals surface area contributed by atoms with Gasteiger partial charge in [0.25, 0.3) is 10.0 Å². The quantitative estimate of drug-likeness (QED) is 0.225. The lowest BCUT2D eigenvalue weighted by Crippen LogP contribution is -2.54. The number of rotatable bonds is 11. The summed E-state index contributed by atoms with van der Waals surface area (Å²) in [4.78, 5) is 29.6. The van der Waals surface area contributed by atoms with E-state index in [1.54, 1.807) is 49.4 Å². The van der Waals surface area contributed by atoms with Gasteiger partial charge in [-0.1, -0.05) is 90.8 Å². The van der Waals surface area contributed by atoms with Crippen molar-refractivity contribution >= 4 is 62.3 Å². The van der Waals surface area contributed by atoms with Crippen molar-refractivity contribution < 1.29 is 18.0 Å². The second-order valence-electron chi connectivity index (χ2n) is 11.2. The minimum atomic E-state index is -4.23. The third kappa shape index (κ3) is 8.08. The molecule has 1 aliphatic carbocycles. The summed E-state index contributed by atoms with van der Waals surface area (Å²) in [6, 6.07) is 15.5. The maximum absolute atomic E-state index is 14.4. The molecule has 0 radical (unpaired) electrons. The highest BCUT2D eigenvalue weighted by Gasteiger charge is 2.35. The Labute approximate surface area is 275 Å². The molecule has 0 aliphatic heterocycles. The first-order chi connectivity index (χ1) is 20.9. The number of sulfonamides is 1. The Kier molecular flexibility index (Phi) is 11.6. The van der Waals surface area contributed by atoms with Crippen molar-refractivity contribution in [2.75, 3.05) is 10.8 Å². The van der Waals surface area contributed by atoms with Crippen LogP contribution in [0.15, 0.2) is 65.6 Å². The molecule has 3 aromatic carbocycles. The van der Waals surface area contributed by atoms with Crippen LogP contribution in [-0.4, -0.2) is 43.8 Å². The predicted molar refractivity (Wildman–Crippen MR) is 178 cm³/mol. The Morgan fingerprint density at radius 1 is 0.932 bits per heavy atom. The molecule has 3 aromatic rings. The van der Waals surface area contributed by atoms with Gasteiger partial charge in [0, 0.05) is 33.2 Å². The number of carbonyl (C=O) groups excluding carboxylic acids is 2. The molecule has 0 saturated heterocycles. The number of halogens is 3. The lowest BCUT2D eigenvalue weighted by molar-refractivity contribution is -0.140. The first-order valence-electron chi connectivity index (χ1n) is 14.8. The van der Waals surface area contributed by atoms with Crippen LogP contribution in [0.3, 0.4) is 0 Å². The molecular weight excluding hydrogens is 641 g/mol. The van der Waals surface area contributed by atoms with E-state index in [2.05, 4.69) is 5.32 Å². The maximum Gasteiger partial charge on any atom is 0.264 e. The van der Waals surface area contributed by atoms with Crippen LogP contribution >= 0.6 is 34.8 Å². The van der Waals surface area contributed by atoms with E-state index in [0.717, 1.165) is 42.0 Å². The average Bonchev–Trinajstić information content (AvgIpc) is 2.99. The molecule has 1 N–H and O–H groups in total. The van der Waals surface area contributed by atoms with E-state index in [0.29, 0.717) is 32.6 Å². The number of hydrogen-bond donors (Lipinski definition) is 1. The second-order valence-corrected chi connectivity index (χ2v) is 14.4. The molecule has 1 atom stereocenters. The molecule has 0 bridgehead atoms. The lowest BCUT2D eigenvalue weighted by Gasteiger charge is -2.35. The number of anilines is 1. The van der Waals surface area contributed by atoms with Crippen molar-refractivity contribution in [3.8, 4) is 0 Å². The summed E-state index contributed by atoms with van der Waals surface area (Å²) in [5.74, 6) is -0.871. The van der Waals surface area contributed by atoms with Gasteiger partial charge in [0.15, 0.2) is 0 Å². The molecule has 1 saturated carbocycles. The van der Waals surface area contributed by atoms with E-state index < -0.39 is 28.5 Å². The smallest absolute Gasteiger partial charge is 0.264 e. The van der Waals surface area contributed by atoms with Crippen molar-refractivity contribution in [3.63, 3.8) is 0 Å². The molecule has 1 fully saturated rings. The fourth-order valence-corrected chi connectivity index (χ4v) is 7.67. The normalized spacial score (nSPS) is 14.6. The van der Waals surface area contributed by atoms with Crippen LogP contribution in [0.25, 0.3) is 0 Å². The van der Waals surface area contributed by atoms with Crippen LogP contribution < -0.4 is 9.62 Å². The Morgan fingerprint density at radius 3 is 2.18 bits per heavy atom. The first kappa shape index (κ1) is 34.1. The highest BCUT2D eigenvalue weighted by molar-refractivity contribution is 7.92. The molecule has 0 unspecified atom stereocenters. The van der Waals surface area contributed by atoms with Gasteiger partial charge in [-0.15, -0.1) is 0 Å². The minimum absolute atomic E-state index is 0.0260. The monoisotopic (exact) mass is 677 g/mol. The molecule has 1 aliphatic rings. The van der Waals surface area contributed by atoms with Gasteiger partial charge in [-0.05, 0) is 75.1 Å². The number of hydrogen-bond acceptors (Lipinski definition) is 4. The van der Waals surface area contributed by atoms with E-state index in [4.69, 9.17) is 34.8 Å². The SMILES string of the molecule is CC[C@H](C(=O)NC1CCCCC1)N(Cc1c(Cl)cccc1Cl)C(=O)CN(c1cc(Cl)ccc1C)S(=O)(=O)c1ccc(C)cc1. The summed E-state index contributed by atoms with van der Waals surface area (Å²) in [5.41, 5.74) is 2.24. The summed E-state index contributed by atoms with van der Waals surface area (Å²) < 4.78 is 29.4. The molecule has 0 spiro atoms. The van der Waals surface area contributed by atoms with E-state index in [1.165, 1.54) is 23.1 Å². The summed E-state index contributed by atoms with van der Waals surface area (Å²) in [5, 5.41) is 4.14. The van der Waals surface area contributed by atoms with Gasteiger partial charge in [0.2, 0.25) is 11.8 Å². The molecular formula is C33H38Cl3N3O4S. The Morgan fingerprint density at radius 2 is 1.57 bits per heavy atom. The topological polar surface area (TPSA) is 86.8 Å². The van der Waals surface area contributed by atoms with Crippen molar-refractivity contribution in [1.82, 2.24) is 10.2 Å². The second kappa shape index (κ2) is 15.0. The van der Waals surface area contributed by atoms with Gasteiger partial charge in [0.05, 0.1) is 10.6 Å². The molecule has 0 aromatic heterocycles. The Bertz CT molecular complexity index is 1570. The molecule has 4 rings (SSSR count). The van der Waals surface area contributed by atoms with E-state index in [1.807, 2.05) is 13.8 Å². The fraction of sp³-hybridized carbons (Fsp3) is 0.394. The summed E-state index contributed by atoms with van der Waals surface area (Å²) in [6.45, 7) is 4.77. The van der Waals surface area contributed by atoms with Crippen LogP contribution in [0, 0.1) is 13.8 Å². The number of nitrogens with one attached hydrogen (secondary N) is 1. The number of nitrogens with zero attached hydrogens (tertiary/aromatic N) is 2. The van der Waals surface area contributed by atoms with E-state index >= 15 is 0 Å². The zero-order valence-electron chi connectivity index (χ0n) is 25.2. The molecule has 0 heterocycles. The molecule has 236 valence electrons. The third-order valence-corrected chi connectivity index (χ3v) is 10.8. The summed E-state index contributed by atoms with van der Waals surface area (Å²) >= 11 is 19.4.